The lowest BCUT2D eigenvalue weighted by Crippen LogP contribution is -2.26. The zero-order chi connectivity index (χ0) is 17.9. The largest absolute Gasteiger partial charge is 0.506 e. The predicted octanol–water partition coefficient (Wildman–Crippen LogP) is 3.13. The van der Waals surface area contributed by atoms with E-state index in [4.69, 9.17) is 9.47 Å². The maximum Gasteiger partial charge on any atom is 0.133 e. The van der Waals surface area contributed by atoms with Crippen LogP contribution in [0.1, 0.15) is 18.5 Å². The Kier molecular flexibility index (Phi) is 4.98. The average molecular weight is 354 g/mol. The van der Waals surface area contributed by atoms with E-state index in [1.807, 2.05) is 30.3 Å². The first-order valence-electron chi connectivity index (χ1n) is 9.36. The number of ether oxygens (including phenoxy) is 2. The summed E-state index contributed by atoms with van der Waals surface area (Å²) >= 11 is 0. The molecule has 2 unspecified atom stereocenters. The van der Waals surface area contributed by atoms with E-state index in [-0.39, 0.29) is 5.75 Å². The molecular formula is C21H26N2O3. The van der Waals surface area contributed by atoms with Crippen molar-refractivity contribution in [1.82, 2.24) is 9.88 Å². The van der Waals surface area contributed by atoms with E-state index in [2.05, 4.69) is 9.88 Å². The van der Waals surface area contributed by atoms with Gasteiger partial charge in [-0.2, -0.15) is 0 Å². The van der Waals surface area contributed by atoms with Crippen LogP contribution in [-0.2, 0) is 6.42 Å². The minimum atomic E-state index is 0.228. The van der Waals surface area contributed by atoms with Gasteiger partial charge < -0.3 is 19.5 Å². The molecule has 2 aromatic rings. The monoisotopic (exact) mass is 354 g/mol. The van der Waals surface area contributed by atoms with Crippen LogP contribution in [0.3, 0.4) is 0 Å². The van der Waals surface area contributed by atoms with Crippen LogP contribution in [-0.4, -0.2) is 47.8 Å². The molecule has 1 aliphatic heterocycles. The third-order valence-electron chi connectivity index (χ3n) is 5.62. The second-order valence-corrected chi connectivity index (χ2v) is 7.43. The van der Waals surface area contributed by atoms with Crippen LogP contribution in [0.4, 0.5) is 0 Å². The molecule has 1 aromatic carbocycles. The molecule has 26 heavy (non-hydrogen) atoms. The molecular weight excluding hydrogens is 328 g/mol. The second kappa shape index (κ2) is 7.54. The Labute approximate surface area is 154 Å². The highest BCUT2D eigenvalue weighted by atomic mass is 16.5. The Morgan fingerprint density at radius 1 is 1.12 bits per heavy atom. The SMILES string of the molecule is COc1cccc(OC2CC3CN(CCc4ccc(O)cn4)CC3C2)c1. The summed E-state index contributed by atoms with van der Waals surface area (Å²) in [5.74, 6) is 3.45. The third kappa shape index (κ3) is 3.93. The van der Waals surface area contributed by atoms with Gasteiger partial charge in [-0.3, -0.25) is 4.98 Å². The molecule has 2 atom stereocenters. The van der Waals surface area contributed by atoms with Crippen LogP contribution >= 0.6 is 0 Å². The first-order chi connectivity index (χ1) is 12.7. The van der Waals surface area contributed by atoms with Gasteiger partial charge in [0.05, 0.1) is 19.4 Å². The van der Waals surface area contributed by atoms with Gasteiger partial charge >= 0.3 is 0 Å². The standard InChI is InChI=1S/C21H26N2O3/c1-25-19-3-2-4-20(11-19)26-21-9-15-13-23(14-16(15)10-21)8-7-17-5-6-18(24)12-22-17/h2-6,11-12,15-16,21,24H,7-10,13-14H2,1H3. The van der Waals surface area contributed by atoms with Crippen molar-refractivity contribution in [2.45, 2.75) is 25.4 Å². The summed E-state index contributed by atoms with van der Waals surface area (Å²) in [4.78, 5) is 6.82. The van der Waals surface area contributed by atoms with Crippen molar-refractivity contribution in [1.29, 1.82) is 0 Å². The van der Waals surface area contributed by atoms with Gasteiger partial charge in [0.2, 0.25) is 0 Å². The number of rotatable bonds is 6. The van der Waals surface area contributed by atoms with Gasteiger partial charge in [-0.1, -0.05) is 6.07 Å². The van der Waals surface area contributed by atoms with Crippen LogP contribution in [0.5, 0.6) is 17.2 Å². The molecule has 4 rings (SSSR count). The van der Waals surface area contributed by atoms with Crippen molar-refractivity contribution < 1.29 is 14.6 Å². The first kappa shape index (κ1) is 17.2. The Bertz CT molecular complexity index is 720. The quantitative estimate of drug-likeness (QED) is 0.864. The number of methoxy groups -OCH3 is 1. The zero-order valence-electron chi connectivity index (χ0n) is 15.2. The van der Waals surface area contributed by atoms with Crippen molar-refractivity contribution >= 4 is 0 Å². The van der Waals surface area contributed by atoms with Gasteiger partial charge in [-0.05, 0) is 48.9 Å². The number of benzene rings is 1. The van der Waals surface area contributed by atoms with Gasteiger partial charge in [-0.15, -0.1) is 0 Å². The lowest BCUT2D eigenvalue weighted by molar-refractivity contribution is 0.185. The van der Waals surface area contributed by atoms with Crippen LogP contribution in [0, 0.1) is 11.8 Å². The molecule has 5 heteroatoms. The maximum atomic E-state index is 9.31. The van der Waals surface area contributed by atoms with Gasteiger partial charge in [0, 0.05) is 37.8 Å². The topological polar surface area (TPSA) is 54.8 Å². The Balaban J connectivity index is 1.25. The number of aromatic nitrogens is 1. The molecule has 2 heterocycles. The first-order valence-corrected chi connectivity index (χ1v) is 9.36. The number of aromatic hydroxyl groups is 1. The molecule has 0 amide bonds. The number of fused-ring (bicyclic) bond motifs is 1. The molecule has 2 fully saturated rings. The van der Waals surface area contributed by atoms with Crippen LogP contribution in [0.25, 0.3) is 0 Å². The molecule has 1 saturated carbocycles. The van der Waals surface area contributed by atoms with Gasteiger partial charge in [0.15, 0.2) is 0 Å². The highest BCUT2D eigenvalue weighted by Gasteiger charge is 2.41. The Hall–Kier alpha value is -2.27. The molecule has 2 aliphatic rings. The van der Waals surface area contributed by atoms with E-state index in [9.17, 15) is 5.11 Å². The van der Waals surface area contributed by atoms with E-state index < -0.39 is 0 Å². The fourth-order valence-corrected chi connectivity index (χ4v) is 4.32. The average Bonchev–Trinajstić information content (AvgIpc) is 3.19. The van der Waals surface area contributed by atoms with Gasteiger partial charge in [-0.25, -0.2) is 0 Å². The molecule has 0 spiro atoms. The molecule has 0 bridgehead atoms. The maximum absolute atomic E-state index is 9.31. The van der Waals surface area contributed by atoms with Gasteiger partial charge in [0.25, 0.3) is 0 Å². The molecule has 5 nitrogen and oxygen atoms in total. The molecule has 1 saturated heterocycles. The Morgan fingerprint density at radius 3 is 2.58 bits per heavy atom. The van der Waals surface area contributed by atoms with Crippen molar-refractivity contribution in [2.24, 2.45) is 11.8 Å². The zero-order valence-corrected chi connectivity index (χ0v) is 15.2. The lowest BCUT2D eigenvalue weighted by Gasteiger charge is -2.20. The van der Waals surface area contributed by atoms with Crippen molar-refractivity contribution in [3.8, 4) is 17.2 Å². The summed E-state index contributed by atoms with van der Waals surface area (Å²) in [6.45, 7) is 3.34. The second-order valence-electron chi connectivity index (χ2n) is 7.43. The smallest absolute Gasteiger partial charge is 0.133 e. The molecule has 1 aromatic heterocycles. The summed E-state index contributed by atoms with van der Waals surface area (Å²) in [5, 5.41) is 9.31. The third-order valence-corrected chi connectivity index (χ3v) is 5.62. The van der Waals surface area contributed by atoms with Crippen molar-refractivity contribution in [3.63, 3.8) is 0 Å². The summed E-state index contributed by atoms with van der Waals surface area (Å²) in [5.41, 5.74) is 1.04. The molecule has 0 radical (unpaired) electrons. The fourth-order valence-electron chi connectivity index (χ4n) is 4.32. The highest BCUT2D eigenvalue weighted by molar-refractivity contribution is 5.33. The van der Waals surface area contributed by atoms with Crippen LogP contribution in [0.2, 0.25) is 0 Å². The summed E-state index contributed by atoms with van der Waals surface area (Å²) in [6.07, 6.45) is 5.04. The predicted molar refractivity (Wildman–Crippen MR) is 99.7 cm³/mol. The highest BCUT2D eigenvalue weighted by Crippen LogP contribution is 2.40. The van der Waals surface area contributed by atoms with E-state index in [0.717, 1.165) is 67.9 Å². The molecule has 138 valence electrons. The van der Waals surface area contributed by atoms with Crippen LogP contribution < -0.4 is 9.47 Å². The summed E-state index contributed by atoms with van der Waals surface area (Å²) in [6, 6.07) is 11.5. The van der Waals surface area contributed by atoms with Crippen molar-refractivity contribution in [2.75, 3.05) is 26.7 Å². The number of pyridine rings is 1. The van der Waals surface area contributed by atoms with Crippen molar-refractivity contribution in [3.05, 3.63) is 48.3 Å². The Morgan fingerprint density at radius 2 is 1.88 bits per heavy atom. The van der Waals surface area contributed by atoms with Gasteiger partial charge in [0.1, 0.15) is 17.2 Å². The number of hydrogen-bond donors (Lipinski definition) is 1. The van der Waals surface area contributed by atoms with E-state index in [1.165, 1.54) is 6.20 Å². The minimum absolute atomic E-state index is 0.228. The lowest BCUT2D eigenvalue weighted by atomic mass is 10.0. The number of likely N-dealkylation sites (tertiary alicyclic amines) is 1. The minimum Gasteiger partial charge on any atom is -0.506 e. The molecule has 1 aliphatic carbocycles. The summed E-state index contributed by atoms with van der Waals surface area (Å²) in [7, 11) is 1.68. The van der Waals surface area contributed by atoms with E-state index >= 15 is 0 Å². The fraction of sp³-hybridized carbons (Fsp3) is 0.476. The van der Waals surface area contributed by atoms with E-state index in [1.54, 1.807) is 13.2 Å². The number of hydrogen-bond acceptors (Lipinski definition) is 5. The normalized spacial score (nSPS) is 25.2. The van der Waals surface area contributed by atoms with Crippen LogP contribution in [0.15, 0.2) is 42.6 Å². The van der Waals surface area contributed by atoms with E-state index in [0.29, 0.717) is 6.10 Å². The summed E-state index contributed by atoms with van der Waals surface area (Å²) < 4.78 is 11.5. The molecule has 1 N–H and O–H groups in total. The number of nitrogens with zero attached hydrogens (tertiary/aromatic N) is 2.